The molecule has 3 N–H and O–H groups in total. The van der Waals surface area contributed by atoms with Gasteiger partial charge in [-0.25, -0.2) is 0 Å². The van der Waals surface area contributed by atoms with Crippen molar-refractivity contribution in [2.45, 2.75) is 31.5 Å². The van der Waals surface area contributed by atoms with Gasteiger partial charge in [-0.15, -0.1) is 10.2 Å². The maximum absolute atomic E-state index is 12.8. The van der Waals surface area contributed by atoms with E-state index in [1.54, 1.807) is 12.1 Å². The largest absolute Gasteiger partial charge is 0.468 e. The van der Waals surface area contributed by atoms with Crippen LogP contribution in [0.25, 0.3) is 0 Å². The Morgan fingerprint density at radius 2 is 2.15 bits per heavy atom. The molecule has 10 heteroatoms. The van der Waals surface area contributed by atoms with E-state index in [4.69, 9.17) is 17.3 Å². The molecule has 0 aliphatic rings. The lowest BCUT2D eigenvalue weighted by atomic mass is 10.2. The van der Waals surface area contributed by atoms with Gasteiger partial charge in [-0.2, -0.15) is 0 Å². The van der Waals surface area contributed by atoms with Gasteiger partial charge in [0, 0.05) is 10.7 Å². The zero-order valence-corrected chi connectivity index (χ0v) is 16.2. The number of carbonyl (C=O) groups is 2. The molecule has 1 amide bonds. The Bertz CT molecular complexity index is 811. The second kappa shape index (κ2) is 8.91. The molecule has 1 aromatic heterocycles. The SMILES string of the molecule is CCC(C(=O)Nc1ccc(C)c(Cl)c1)n1c(N)nnc1SCC(=O)OC. The number of anilines is 2. The number of hydrogen-bond acceptors (Lipinski definition) is 7. The number of thioether (sulfide) groups is 1. The average molecular weight is 398 g/mol. The minimum absolute atomic E-state index is 0.0419. The van der Waals surface area contributed by atoms with E-state index in [2.05, 4.69) is 20.3 Å². The summed E-state index contributed by atoms with van der Waals surface area (Å²) in [7, 11) is 1.30. The summed E-state index contributed by atoms with van der Waals surface area (Å²) in [6.07, 6.45) is 0.458. The summed E-state index contributed by atoms with van der Waals surface area (Å²) in [6.45, 7) is 3.73. The highest BCUT2D eigenvalue weighted by Gasteiger charge is 2.25. The van der Waals surface area contributed by atoms with E-state index >= 15 is 0 Å². The lowest BCUT2D eigenvalue weighted by Gasteiger charge is -2.19. The minimum atomic E-state index is -0.634. The number of methoxy groups -OCH3 is 1. The average Bonchev–Trinajstić information content (AvgIpc) is 2.97. The van der Waals surface area contributed by atoms with Crippen molar-refractivity contribution in [2.75, 3.05) is 23.9 Å². The number of nitrogens with one attached hydrogen (secondary N) is 1. The number of aromatic nitrogens is 3. The summed E-state index contributed by atoms with van der Waals surface area (Å²) in [5, 5.41) is 11.5. The number of aryl methyl sites for hydroxylation is 1. The van der Waals surface area contributed by atoms with Crippen LogP contribution in [0.15, 0.2) is 23.4 Å². The smallest absolute Gasteiger partial charge is 0.316 e. The summed E-state index contributed by atoms with van der Waals surface area (Å²) < 4.78 is 6.13. The third-order valence-corrected chi connectivity index (χ3v) is 5.00. The fourth-order valence-electron chi connectivity index (χ4n) is 2.24. The molecule has 0 aliphatic carbocycles. The summed E-state index contributed by atoms with van der Waals surface area (Å²) in [5.41, 5.74) is 7.39. The first kappa shape index (κ1) is 20.1. The molecule has 1 heterocycles. The van der Waals surface area contributed by atoms with Crippen LogP contribution in [-0.2, 0) is 14.3 Å². The van der Waals surface area contributed by atoms with Crippen LogP contribution < -0.4 is 11.1 Å². The van der Waals surface area contributed by atoms with Gasteiger partial charge < -0.3 is 15.8 Å². The van der Waals surface area contributed by atoms with Gasteiger partial charge in [0.15, 0.2) is 5.16 Å². The van der Waals surface area contributed by atoms with E-state index in [0.717, 1.165) is 17.3 Å². The lowest BCUT2D eigenvalue weighted by Crippen LogP contribution is -2.27. The molecule has 0 bridgehead atoms. The molecular formula is C16H20ClN5O3S. The van der Waals surface area contributed by atoms with Gasteiger partial charge in [0.05, 0.1) is 12.9 Å². The van der Waals surface area contributed by atoms with Crippen LogP contribution >= 0.6 is 23.4 Å². The maximum atomic E-state index is 12.8. The molecule has 8 nitrogen and oxygen atoms in total. The highest BCUT2D eigenvalue weighted by molar-refractivity contribution is 7.99. The zero-order chi connectivity index (χ0) is 19.3. The Balaban J connectivity index is 2.21. The van der Waals surface area contributed by atoms with E-state index in [1.165, 1.54) is 11.7 Å². The molecule has 2 rings (SSSR count). The van der Waals surface area contributed by atoms with Crippen molar-refractivity contribution in [3.05, 3.63) is 28.8 Å². The Morgan fingerprint density at radius 1 is 1.42 bits per heavy atom. The number of nitrogens with zero attached hydrogens (tertiary/aromatic N) is 3. The number of nitrogens with two attached hydrogens (primary N) is 1. The number of benzene rings is 1. The van der Waals surface area contributed by atoms with Crippen molar-refractivity contribution in [3.8, 4) is 0 Å². The molecule has 0 saturated carbocycles. The Morgan fingerprint density at radius 3 is 2.77 bits per heavy atom. The van der Waals surface area contributed by atoms with E-state index in [0.29, 0.717) is 22.3 Å². The number of nitrogen functional groups attached to an aromatic ring is 1. The molecule has 1 atom stereocenters. The number of hydrogen-bond donors (Lipinski definition) is 2. The third kappa shape index (κ3) is 4.67. The summed E-state index contributed by atoms with van der Waals surface area (Å²) in [5.74, 6) is -0.546. The minimum Gasteiger partial charge on any atom is -0.468 e. The standard InChI is InChI=1S/C16H20ClN5O3S/c1-4-12(14(24)19-10-6-5-9(2)11(17)7-10)22-15(18)20-21-16(22)26-8-13(23)25-3/h5-7,12H,4,8H2,1-3H3,(H2,18,20)(H,19,24). The second-order valence-corrected chi connectivity index (χ2v) is 6.80. The molecule has 0 saturated heterocycles. The van der Waals surface area contributed by atoms with Gasteiger partial charge in [0.1, 0.15) is 6.04 Å². The number of ether oxygens (including phenoxy) is 1. The molecular weight excluding hydrogens is 378 g/mol. The van der Waals surface area contributed by atoms with Gasteiger partial charge in [-0.3, -0.25) is 14.2 Å². The fourth-order valence-corrected chi connectivity index (χ4v) is 3.25. The molecule has 0 spiro atoms. The highest BCUT2D eigenvalue weighted by Crippen LogP contribution is 2.27. The Hall–Kier alpha value is -2.26. The molecule has 2 aromatic rings. The number of halogens is 1. The number of esters is 1. The number of rotatable bonds is 7. The van der Waals surface area contributed by atoms with E-state index in [1.807, 2.05) is 19.9 Å². The van der Waals surface area contributed by atoms with Gasteiger partial charge in [0.2, 0.25) is 11.9 Å². The van der Waals surface area contributed by atoms with Crippen molar-refractivity contribution in [3.63, 3.8) is 0 Å². The van der Waals surface area contributed by atoms with Crippen LogP contribution in [-0.4, -0.2) is 39.5 Å². The summed E-state index contributed by atoms with van der Waals surface area (Å²) in [4.78, 5) is 24.1. The normalized spacial score (nSPS) is 11.8. The van der Waals surface area contributed by atoms with Crippen LogP contribution in [0.5, 0.6) is 0 Å². The van der Waals surface area contributed by atoms with E-state index < -0.39 is 12.0 Å². The summed E-state index contributed by atoms with van der Waals surface area (Å²) in [6, 6.07) is 4.65. The first-order chi connectivity index (χ1) is 12.4. The highest BCUT2D eigenvalue weighted by atomic mass is 35.5. The van der Waals surface area contributed by atoms with Gasteiger partial charge in [-0.05, 0) is 31.0 Å². The number of carbonyl (C=O) groups excluding carboxylic acids is 2. The monoisotopic (exact) mass is 397 g/mol. The van der Waals surface area contributed by atoms with E-state index in [9.17, 15) is 9.59 Å². The second-order valence-electron chi connectivity index (χ2n) is 5.45. The van der Waals surface area contributed by atoms with Gasteiger partial charge in [-0.1, -0.05) is 36.4 Å². The molecule has 26 heavy (non-hydrogen) atoms. The van der Waals surface area contributed by atoms with Crippen LogP contribution in [0.4, 0.5) is 11.6 Å². The lowest BCUT2D eigenvalue weighted by molar-refractivity contribution is -0.137. The van der Waals surface area contributed by atoms with Crippen molar-refractivity contribution < 1.29 is 14.3 Å². The van der Waals surface area contributed by atoms with Crippen LogP contribution in [0, 0.1) is 6.92 Å². The van der Waals surface area contributed by atoms with Crippen molar-refractivity contribution >= 4 is 46.9 Å². The molecule has 1 unspecified atom stereocenters. The molecule has 140 valence electrons. The van der Waals surface area contributed by atoms with Crippen molar-refractivity contribution in [1.29, 1.82) is 0 Å². The predicted molar refractivity (Wildman–Crippen MR) is 101 cm³/mol. The maximum Gasteiger partial charge on any atom is 0.316 e. The molecule has 0 radical (unpaired) electrons. The van der Waals surface area contributed by atoms with E-state index in [-0.39, 0.29) is 17.6 Å². The quantitative estimate of drug-likeness (QED) is 0.545. The van der Waals surface area contributed by atoms with Crippen molar-refractivity contribution in [2.24, 2.45) is 0 Å². The molecule has 1 aromatic carbocycles. The predicted octanol–water partition coefficient (Wildman–Crippen LogP) is 2.68. The van der Waals surface area contributed by atoms with Crippen LogP contribution in [0.1, 0.15) is 24.9 Å². The van der Waals surface area contributed by atoms with Gasteiger partial charge in [0.25, 0.3) is 0 Å². The molecule has 0 aliphatic heterocycles. The topological polar surface area (TPSA) is 112 Å². The van der Waals surface area contributed by atoms with Gasteiger partial charge >= 0.3 is 5.97 Å². The Kier molecular flexibility index (Phi) is 6.87. The number of amides is 1. The van der Waals surface area contributed by atoms with Crippen LogP contribution in [0.2, 0.25) is 5.02 Å². The third-order valence-electron chi connectivity index (χ3n) is 3.68. The first-order valence-electron chi connectivity index (χ1n) is 7.84. The van der Waals surface area contributed by atoms with Crippen molar-refractivity contribution in [1.82, 2.24) is 14.8 Å². The van der Waals surface area contributed by atoms with Crippen LogP contribution in [0.3, 0.4) is 0 Å². The zero-order valence-electron chi connectivity index (χ0n) is 14.7. The summed E-state index contributed by atoms with van der Waals surface area (Å²) >= 11 is 7.21. The Labute approximate surface area is 160 Å². The fraction of sp³-hybridized carbons (Fsp3) is 0.375. The molecule has 0 fully saturated rings. The first-order valence-corrected chi connectivity index (χ1v) is 9.20.